The van der Waals surface area contributed by atoms with Crippen molar-refractivity contribution in [3.8, 4) is 16.9 Å². The van der Waals surface area contributed by atoms with Crippen LogP contribution in [-0.2, 0) is 15.7 Å². The van der Waals surface area contributed by atoms with E-state index in [-0.39, 0.29) is 36.7 Å². The predicted molar refractivity (Wildman–Crippen MR) is 149 cm³/mol. The van der Waals surface area contributed by atoms with E-state index in [1.165, 1.54) is 12.1 Å². The van der Waals surface area contributed by atoms with Crippen molar-refractivity contribution in [3.63, 3.8) is 0 Å². The number of hydrogen-bond acceptors (Lipinski definition) is 4. The summed E-state index contributed by atoms with van der Waals surface area (Å²) < 4.78 is 49.9. The molecule has 3 aromatic rings. The first-order valence-electron chi connectivity index (χ1n) is 13.4. The SMILES string of the molecule is CCOC(=O)CCNC(=O)c1ccc(C(COc2cc(C)c(-c3ccc(C(F)(F)F)cc3)c(C)c2)C(C)C)cc1. The van der Waals surface area contributed by atoms with Crippen LogP contribution in [0.1, 0.15) is 65.7 Å². The Morgan fingerprint density at radius 2 is 1.52 bits per heavy atom. The maximum Gasteiger partial charge on any atom is 0.416 e. The number of rotatable bonds is 11. The van der Waals surface area contributed by atoms with E-state index in [1.807, 2.05) is 38.1 Å². The average Bonchev–Trinajstić information content (AvgIpc) is 2.88. The van der Waals surface area contributed by atoms with Crippen LogP contribution in [0.3, 0.4) is 0 Å². The summed E-state index contributed by atoms with van der Waals surface area (Å²) in [4.78, 5) is 23.9. The number of ether oxygens (including phenoxy) is 2. The van der Waals surface area contributed by atoms with Crippen molar-refractivity contribution >= 4 is 11.9 Å². The number of nitrogens with one attached hydrogen (secondary N) is 1. The number of carbonyl (C=O) groups excluding carboxylic acids is 2. The average molecular weight is 556 g/mol. The highest BCUT2D eigenvalue weighted by molar-refractivity contribution is 5.94. The van der Waals surface area contributed by atoms with Crippen LogP contribution in [0.2, 0.25) is 0 Å². The van der Waals surface area contributed by atoms with Crippen LogP contribution >= 0.6 is 0 Å². The van der Waals surface area contributed by atoms with Gasteiger partial charge in [-0.05, 0) is 90.9 Å². The molecular formula is C32H36F3NO4. The quantitative estimate of drug-likeness (QED) is 0.249. The lowest BCUT2D eigenvalue weighted by Crippen LogP contribution is -2.26. The number of esters is 1. The minimum atomic E-state index is -4.37. The van der Waals surface area contributed by atoms with Gasteiger partial charge in [-0.25, -0.2) is 0 Å². The van der Waals surface area contributed by atoms with Gasteiger partial charge >= 0.3 is 12.1 Å². The topological polar surface area (TPSA) is 64.6 Å². The Morgan fingerprint density at radius 1 is 0.925 bits per heavy atom. The molecule has 40 heavy (non-hydrogen) atoms. The van der Waals surface area contributed by atoms with E-state index < -0.39 is 11.7 Å². The Hall–Kier alpha value is -3.81. The largest absolute Gasteiger partial charge is 0.493 e. The predicted octanol–water partition coefficient (Wildman–Crippen LogP) is 7.49. The van der Waals surface area contributed by atoms with Gasteiger partial charge in [-0.1, -0.05) is 38.1 Å². The molecule has 3 aromatic carbocycles. The molecule has 1 N–H and O–H groups in total. The second kappa shape index (κ2) is 13.5. The molecule has 214 valence electrons. The Balaban J connectivity index is 1.66. The molecule has 0 bridgehead atoms. The van der Waals surface area contributed by atoms with Gasteiger partial charge in [0.05, 0.1) is 25.2 Å². The van der Waals surface area contributed by atoms with E-state index in [0.29, 0.717) is 24.5 Å². The smallest absolute Gasteiger partial charge is 0.416 e. The van der Waals surface area contributed by atoms with Crippen LogP contribution in [0.25, 0.3) is 11.1 Å². The number of benzene rings is 3. The first-order chi connectivity index (χ1) is 18.9. The third-order valence-corrected chi connectivity index (χ3v) is 6.76. The van der Waals surface area contributed by atoms with Crippen molar-refractivity contribution in [1.29, 1.82) is 0 Å². The second-order valence-electron chi connectivity index (χ2n) is 10.1. The molecule has 8 heteroatoms. The van der Waals surface area contributed by atoms with E-state index in [0.717, 1.165) is 39.9 Å². The molecule has 0 aliphatic rings. The summed E-state index contributed by atoms with van der Waals surface area (Å²) in [5.74, 6) is 0.410. The van der Waals surface area contributed by atoms with Gasteiger partial charge in [0, 0.05) is 18.0 Å². The van der Waals surface area contributed by atoms with Crippen LogP contribution in [0.4, 0.5) is 13.2 Å². The van der Waals surface area contributed by atoms with Crippen LogP contribution < -0.4 is 10.1 Å². The summed E-state index contributed by atoms with van der Waals surface area (Å²) in [6.45, 7) is 10.7. The van der Waals surface area contributed by atoms with Gasteiger partial charge in [-0.15, -0.1) is 0 Å². The zero-order valence-electron chi connectivity index (χ0n) is 23.5. The molecule has 5 nitrogen and oxygen atoms in total. The number of amides is 1. The number of halogens is 3. The second-order valence-corrected chi connectivity index (χ2v) is 10.1. The van der Waals surface area contributed by atoms with Crippen molar-refractivity contribution < 1.29 is 32.2 Å². The fraction of sp³-hybridized carbons (Fsp3) is 0.375. The molecule has 3 rings (SSSR count). The summed E-state index contributed by atoms with van der Waals surface area (Å²) in [5.41, 5.74) is 4.29. The Labute approximate surface area is 233 Å². The van der Waals surface area contributed by atoms with Gasteiger partial charge in [0.15, 0.2) is 0 Å². The highest BCUT2D eigenvalue weighted by Gasteiger charge is 2.30. The summed E-state index contributed by atoms with van der Waals surface area (Å²) in [7, 11) is 0. The lowest BCUT2D eigenvalue weighted by atomic mass is 9.88. The molecule has 0 aromatic heterocycles. The molecule has 0 saturated heterocycles. The molecule has 0 aliphatic carbocycles. The lowest BCUT2D eigenvalue weighted by molar-refractivity contribution is -0.143. The molecule has 0 aliphatic heterocycles. The lowest BCUT2D eigenvalue weighted by Gasteiger charge is -2.23. The minimum Gasteiger partial charge on any atom is -0.493 e. The van der Waals surface area contributed by atoms with Gasteiger partial charge < -0.3 is 14.8 Å². The first-order valence-corrected chi connectivity index (χ1v) is 13.4. The maximum atomic E-state index is 13.0. The van der Waals surface area contributed by atoms with Crippen LogP contribution in [0, 0.1) is 19.8 Å². The highest BCUT2D eigenvalue weighted by atomic mass is 19.4. The van der Waals surface area contributed by atoms with E-state index in [4.69, 9.17) is 9.47 Å². The zero-order chi connectivity index (χ0) is 29.4. The monoisotopic (exact) mass is 555 g/mol. The Kier molecular flexibility index (Phi) is 10.4. The number of hydrogen-bond donors (Lipinski definition) is 1. The number of carbonyl (C=O) groups is 2. The first kappa shape index (κ1) is 30.7. The van der Waals surface area contributed by atoms with Gasteiger partial charge in [0.2, 0.25) is 0 Å². The number of alkyl halides is 3. The van der Waals surface area contributed by atoms with Gasteiger partial charge in [-0.3, -0.25) is 9.59 Å². The maximum absolute atomic E-state index is 13.0. The van der Waals surface area contributed by atoms with Gasteiger partial charge in [-0.2, -0.15) is 13.2 Å². The fourth-order valence-electron chi connectivity index (χ4n) is 4.64. The molecule has 0 heterocycles. The molecule has 0 spiro atoms. The van der Waals surface area contributed by atoms with Crippen molar-refractivity contribution in [1.82, 2.24) is 5.32 Å². The fourth-order valence-corrected chi connectivity index (χ4v) is 4.64. The molecule has 1 amide bonds. The third-order valence-electron chi connectivity index (χ3n) is 6.76. The molecule has 0 saturated carbocycles. The van der Waals surface area contributed by atoms with E-state index in [1.54, 1.807) is 19.1 Å². The summed E-state index contributed by atoms with van der Waals surface area (Å²) >= 11 is 0. The summed E-state index contributed by atoms with van der Waals surface area (Å²) in [6, 6.07) is 16.4. The van der Waals surface area contributed by atoms with Crippen molar-refractivity contribution in [2.75, 3.05) is 19.8 Å². The van der Waals surface area contributed by atoms with Crippen molar-refractivity contribution in [3.05, 3.63) is 88.5 Å². The standard InChI is InChI=1S/C32H36F3NO4/c1-6-39-29(37)15-16-36-31(38)25-9-7-23(8-10-25)28(20(2)3)19-40-27-17-21(4)30(22(5)18-27)24-11-13-26(14-12-24)32(33,34)35/h7-14,17-18,20,28H,6,15-16,19H2,1-5H3,(H,36,38). The van der Waals surface area contributed by atoms with Crippen LogP contribution in [-0.4, -0.2) is 31.6 Å². The highest BCUT2D eigenvalue weighted by Crippen LogP contribution is 2.35. The van der Waals surface area contributed by atoms with Crippen LogP contribution in [0.15, 0.2) is 60.7 Å². The Bertz CT molecular complexity index is 1280. The van der Waals surface area contributed by atoms with Crippen molar-refractivity contribution in [2.45, 2.75) is 53.1 Å². The molecule has 1 atom stereocenters. The Morgan fingerprint density at radius 3 is 2.05 bits per heavy atom. The summed E-state index contributed by atoms with van der Waals surface area (Å²) in [6.07, 6.45) is -4.25. The number of aryl methyl sites for hydroxylation is 2. The van der Waals surface area contributed by atoms with E-state index in [9.17, 15) is 22.8 Å². The van der Waals surface area contributed by atoms with E-state index >= 15 is 0 Å². The third kappa shape index (κ3) is 8.10. The van der Waals surface area contributed by atoms with Gasteiger partial charge in [0.25, 0.3) is 5.91 Å². The van der Waals surface area contributed by atoms with Crippen molar-refractivity contribution in [2.24, 2.45) is 5.92 Å². The molecule has 1 unspecified atom stereocenters. The van der Waals surface area contributed by atoms with E-state index in [2.05, 4.69) is 19.2 Å². The van der Waals surface area contributed by atoms with Gasteiger partial charge in [0.1, 0.15) is 5.75 Å². The minimum absolute atomic E-state index is 0.0659. The van der Waals surface area contributed by atoms with Crippen LogP contribution in [0.5, 0.6) is 5.75 Å². The molecular weight excluding hydrogens is 519 g/mol. The molecule has 0 fully saturated rings. The summed E-state index contributed by atoms with van der Waals surface area (Å²) in [5, 5.41) is 2.73. The zero-order valence-corrected chi connectivity index (χ0v) is 23.5. The molecule has 0 radical (unpaired) electrons. The normalized spacial score (nSPS) is 12.2.